The van der Waals surface area contributed by atoms with Gasteiger partial charge in [-0.25, -0.2) is 19.2 Å². The zero-order valence-electron chi connectivity index (χ0n) is 23.4. The van der Waals surface area contributed by atoms with Crippen LogP contribution in [0.25, 0.3) is 5.70 Å². The van der Waals surface area contributed by atoms with E-state index in [1.54, 1.807) is 13.8 Å². The molecule has 0 bridgehead atoms. The normalized spacial score (nSPS) is 19.3. The van der Waals surface area contributed by atoms with Crippen LogP contribution in [0.2, 0.25) is 0 Å². The van der Waals surface area contributed by atoms with Crippen molar-refractivity contribution in [3.05, 3.63) is 29.0 Å². The monoisotopic (exact) mass is 598 g/mol. The number of carbonyl (C=O) groups excluding carboxylic acids is 1. The van der Waals surface area contributed by atoms with Gasteiger partial charge >= 0.3 is 12.8 Å². The highest BCUT2D eigenvalue weighted by atomic mass is 32.2. The second-order valence-corrected chi connectivity index (χ2v) is 13.3. The zero-order chi connectivity index (χ0) is 30.5. The van der Waals surface area contributed by atoms with Gasteiger partial charge in [0.15, 0.2) is 0 Å². The molecule has 0 spiro atoms. The maximum atomic E-state index is 13.4. The summed E-state index contributed by atoms with van der Waals surface area (Å²) in [6.07, 6.45) is -1.61. The first kappa shape index (κ1) is 33.7. The second kappa shape index (κ2) is 13.5. The van der Waals surface area contributed by atoms with Gasteiger partial charge in [-0.3, -0.25) is 4.79 Å². The highest BCUT2D eigenvalue weighted by Gasteiger charge is 2.47. The van der Waals surface area contributed by atoms with Gasteiger partial charge in [-0.15, -0.1) is 0 Å². The smallest absolute Gasteiger partial charge is 0.394 e. The van der Waals surface area contributed by atoms with Gasteiger partial charge in [-0.1, -0.05) is 13.8 Å². The summed E-state index contributed by atoms with van der Waals surface area (Å²) in [4.78, 5) is 16.7. The molecule has 0 atom stereocenters. The summed E-state index contributed by atoms with van der Waals surface area (Å²) < 4.78 is 94.8. The van der Waals surface area contributed by atoms with Crippen molar-refractivity contribution in [2.75, 3.05) is 19.3 Å². The lowest BCUT2D eigenvalue weighted by molar-refractivity contribution is -0.211. The van der Waals surface area contributed by atoms with E-state index in [0.29, 0.717) is 37.8 Å². The molecular formula is C26H39F5N4O4S. The van der Waals surface area contributed by atoms with Gasteiger partial charge in [0, 0.05) is 37.9 Å². The Balaban J connectivity index is 2.27. The quantitative estimate of drug-likeness (QED) is 0.201. The summed E-state index contributed by atoms with van der Waals surface area (Å²) in [5.74, 6) is 5.33. The lowest BCUT2D eigenvalue weighted by Gasteiger charge is -2.28. The molecule has 14 heteroatoms. The van der Waals surface area contributed by atoms with Gasteiger partial charge < -0.3 is 15.1 Å². The topological polar surface area (TPSA) is 115 Å². The molecule has 0 aromatic carbocycles. The molecule has 1 saturated carbocycles. The number of aromatic nitrogens is 1. The fourth-order valence-electron chi connectivity index (χ4n) is 4.68. The molecule has 1 heterocycles. The van der Waals surface area contributed by atoms with E-state index in [-0.39, 0.29) is 47.0 Å². The third kappa shape index (κ3) is 9.28. The van der Waals surface area contributed by atoms with Gasteiger partial charge in [0.1, 0.15) is 9.84 Å². The maximum absolute atomic E-state index is 13.4. The first-order valence-electron chi connectivity index (χ1n) is 13.0. The number of nitrogens with one attached hydrogen (secondary N) is 1. The van der Waals surface area contributed by atoms with Crippen molar-refractivity contribution in [3.8, 4) is 5.88 Å². The molecular weight excluding hydrogens is 559 g/mol. The minimum Gasteiger partial charge on any atom is -0.416 e. The van der Waals surface area contributed by atoms with E-state index in [2.05, 4.69) is 15.0 Å². The summed E-state index contributed by atoms with van der Waals surface area (Å²) in [5, 5.41) is 3.71. The fourth-order valence-corrected chi connectivity index (χ4v) is 5.81. The number of hydrogen-bond donors (Lipinski definition) is 2. The number of ether oxygens (including phenoxy) is 1. The Morgan fingerprint density at radius 1 is 1.20 bits per heavy atom. The van der Waals surface area contributed by atoms with Crippen molar-refractivity contribution in [2.24, 2.45) is 17.2 Å². The van der Waals surface area contributed by atoms with Crippen LogP contribution in [0.1, 0.15) is 71.1 Å². The van der Waals surface area contributed by atoms with Gasteiger partial charge in [-0.2, -0.15) is 22.0 Å². The molecule has 1 amide bonds. The van der Waals surface area contributed by atoms with E-state index in [1.165, 1.54) is 23.4 Å². The summed E-state index contributed by atoms with van der Waals surface area (Å²) in [7, 11) is -3.10. The first-order valence-corrected chi connectivity index (χ1v) is 15.0. The molecule has 228 valence electrons. The van der Waals surface area contributed by atoms with Crippen LogP contribution in [0.3, 0.4) is 0 Å². The molecule has 1 aromatic rings. The van der Waals surface area contributed by atoms with Crippen molar-refractivity contribution in [3.63, 3.8) is 0 Å². The van der Waals surface area contributed by atoms with Crippen LogP contribution in [-0.2, 0) is 21.1 Å². The van der Waals surface area contributed by atoms with Crippen LogP contribution >= 0.6 is 0 Å². The number of hydrogen-bond acceptors (Lipinski definition) is 7. The van der Waals surface area contributed by atoms with E-state index in [9.17, 15) is 35.2 Å². The minimum absolute atomic E-state index is 0.0163. The highest BCUT2D eigenvalue weighted by Crippen LogP contribution is 2.41. The van der Waals surface area contributed by atoms with E-state index in [0.717, 1.165) is 13.8 Å². The van der Waals surface area contributed by atoms with E-state index >= 15 is 0 Å². The third-order valence-corrected chi connectivity index (χ3v) is 8.89. The number of carbonyl (C=O) groups is 1. The summed E-state index contributed by atoms with van der Waals surface area (Å²) in [5.41, 5.74) is -1.64. The average Bonchev–Trinajstić information content (AvgIpc) is 2.82. The summed E-state index contributed by atoms with van der Waals surface area (Å²) >= 11 is 0. The number of nitrogens with two attached hydrogens (primary N) is 1. The number of sulfone groups is 1. The Hall–Kier alpha value is -2.48. The standard InChI is InChI=1S/C26H39F5N4O4S/c1-6-35(32)22(16(2)13-21(36)33-15-17-7-10-19(11-8-17)40(5,37)38)20-12-9-18(34-23(20)39-24(27)28)14-25(3,4)26(29,30)31/h9,12,17,19,24H,6-8,10-11,13-15,32H2,1-5H3,(H,33,36)/b22-16-. The van der Waals surface area contributed by atoms with Gasteiger partial charge in [-0.05, 0) is 63.2 Å². The molecule has 0 radical (unpaired) electrons. The largest absolute Gasteiger partial charge is 0.416 e. The molecule has 40 heavy (non-hydrogen) atoms. The molecule has 0 saturated heterocycles. The van der Waals surface area contributed by atoms with Crippen LogP contribution in [0.15, 0.2) is 17.7 Å². The summed E-state index contributed by atoms with van der Waals surface area (Å²) in [6, 6.07) is 2.61. The second-order valence-electron chi connectivity index (χ2n) is 11.0. The van der Waals surface area contributed by atoms with Crippen LogP contribution in [0, 0.1) is 11.3 Å². The minimum atomic E-state index is -4.55. The zero-order valence-corrected chi connectivity index (χ0v) is 24.3. The maximum Gasteiger partial charge on any atom is 0.394 e. The number of pyridine rings is 1. The lowest BCUT2D eigenvalue weighted by atomic mass is 9.86. The van der Waals surface area contributed by atoms with E-state index in [1.807, 2.05) is 0 Å². The average molecular weight is 599 g/mol. The number of halogens is 5. The molecule has 1 fully saturated rings. The van der Waals surface area contributed by atoms with Crippen LogP contribution in [-0.4, -0.2) is 61.7 Å². The van der Waals surface area contributed by atoms with E-state index in [4.69, 9.17) is 5.84 Å². The molecule has 2 rings (SSSR count). The molecule has 1 aliphatic carbocycles. The number of rotatable bonds is 12. The molecule has 3 N–H and O–H groups in total. The van der Waals surface area contributed by atoms with Crippen molar-refractivity contribution < 1.29 is 39.9 Å². The number of hydrazine groups is 1. The summed E-state index contributed by atoms with van der Waals surface area (Å²) in [6.45, 7) is 2.54. The Kier molecular flexibility index (Phi) is 11.3. The van der Waals surface area contributed by atoms with Crippen molar-refractivity contribution in [1.29, 1.82) is 0 Å². The molecule has 1 aliphatic rings. The van der Waals surface area contributed by atoms with Crippen LogP contribution in [0.4, 0.5) is 22.0 Å². The Bertz CT molecular complexity index is 1160. The van der Waals surface area contributed by atoms with Gasteiger partial charge in [0.25, 0.3) is 0 Å². The number of nitrogens with zero attached hydrogens (tertiary/aromatic N) is 2. The van der Waals surface area contributed by atoms with Crippen LogP contribution in [0.5, 0.6) is 5.88 Å². The Labute approximate surface area is 232 Å². The fraction of sp³-hybridized carbons (Fsp3) is 0.692. The predicted octanol–water partition coefficient (Wildman–Crippen LogP) is 4.85. The number of alkyl halides is 5. The van der Waals surface area contributed by atoms with Gasteiger partial charge in [0.2, 0.25) is 11.8 Å². The molecule has 1 aromatic heterocycles. The van der Waals surface area contributed by atoms with Crippen LogP contribution < -0.4 is 15.9 Å². The Morgan fingerprint density at radius 3 is 2.30 bits per heavy atom. The van der Waals surface area contributed by atoms with Crippen molar-refractivity contribution in [1.82, 2.24) is 15.3 Å². The third-order valence-electron chi connectivity index (χ3n) is 7.21. The Morgan fingerprint density at radius 2 is 1.80 bits per heavy atom. The predicted molar refractivity (Wildman–Crippen MR) is 142 cm³/mol. The van der Waals surface area contributed by atoms with Crippen molar-refractivity contribution in [2.45, 2.75) is 84.3 Å². The van der Waals surface area contributed by atoms with E-state index < -0.39 is 40.3 Å². The molecule has 8 nitrogen and oxygen atoms in total. The SMILES string of the molecule is CCN(N)/C(=C(/C)CC(=O)NCC1CCC(S(C)(=O)=O)CC1)c1ccc(CC(C)(C)C(F)(F)F)nc1OC(F)F. The van der Waals surface area contributed by atoms with Gasteiger partial charge in [0.05, 0.1) is 21.9 Å². The highest BCUT2D eigenvalue weighted by molar-refractivity contribution is 7.91. The number of amides is 1. The molecule has 0 aliphatic heterocycles. The molecule has 0 unspecified atom stereocenters. The lowest BCUT2D eigenvalue weighted by Crippen LogP contribution is -2.35. The van der Waals surface area contributed by atoms with Crippen molar-refractivity contribution >= 4 is 21.4 Å². The first-order chi connectivity index (χ1) is 18.4.